The summed E-state index contributed by atoms with van der Waals surface area (Å²) in [5.41, 5.74) is 0. The van der Waals surface area contributed by atoms with Crippen molar-refractivity contribution >= 4 is 0 Å². The van der Waals surface area contributed by atoms with Gasteiger partial charge < -0.3 is 5.32 Å². The molecule has 94 valence electrons. The lowest BCUT2D eigenvalue weighted by molar-refractivity contribution is 0.259. The number of nitrogens with zero attached hydrogens (tertiary/aromatic N) is 1. The Bertz CT molecular complexity index is 209. The van der Waals surface area contributed by atoms with Crippen LogP contribution < -0.4 is 5.32 Å². The lowest BCUT2D eigenvalue weighted by Gasteiger charge is -2.28. The van der Waals surface area contributed by atoms with Gasteiger partial charge in [0.15, 0.2) is 0 Å². The van der Waals surface area contributed by atoms with Crippen molar-refractivity contribution in [2.75, 3.05) is 13.1 Å². The standard InChI is InChI=1S/C14H28N2/c1-11(2)16-9-12(3)14(10-16)15-13-7-5-4-6-8-13/h11-15H,4-10H2,1-3H3. The second-order valence-corrected chi connectivity index (χ2v) is 6.13. The lowest BCUT2D eigenvalue weighted by atomic mass is 9.94. The Kier molecular flexibility index (Phi) is 4.26. The van der Waals surface area contributed by atoms with Gasteiger partial charge in [0.25, 0.3) is 0 Å². The molecule has 2 fully saturated rings. The first-order valence-corrected chi connectivity index (χ1v) is 7.17. The zero-order chi connectivity index (χ0) is 11.5. The van der Waals surface area contributed by atoms with E-state index in [-0.39, 0.29) is 0 Å². The van der Waals surface area contributed by atoms with Gasteiger partial charge in [-0.2, -0.15) is 0 Å². The normalized spacial score (nSPS) is 33.8. The molecule has 2 atom stereocenters. The van der Waals surface area contributed by atoms with Crippen LogP contribution >= 0.6 is 0 Å². The maximum absolute atomic E-state index is 3.91. The highest BCUT2D eigenvalue weighted by Gasteiger charge is 2.32. The lowest BCUT2D eigenvalue weighted by Crippen LogP contribution is -2.43. The fourth-order valence-corrected chi connectivity index (χ4v) is 3.21. The molecule has 0 amide bonds. The first-order chi connectivity index (χ1) is 7.66. The molecule has 1 N–H and O–H groups in total. The first-order valence-electron chi connectivity index (χ1n) is 7.17. The van der Waals surface area contributed by atoms with E-state index in [0.717, 1.165) is 18.0 Å². The highest BCUT2D eigenvalue weighted by Crippen LogP contribution is 2.23. The Labute approximate surface area is 101 Å². The number of hydrogen-bond donors (Lipinski definition) is 1. The van der Waals surface area contributed by atoms with E-state index in [1.807, 2.05) is 0 Å². The van der Waals surface area contributed by atoms with Gasteiger partial charge in [-0.3, -0.25) is 4.90 Å². The summed E-state index contributed by atoms with van der Waals surface area (Å²) in [6.07, 6.45) is 7.14. The summed E-state index contributed by atoms with van der Waals surface area (Å²) >= 11 is 0. The van der Waals surface area contributed by atoms with Crippen LogP contribution in [0.25, 0.3) is 0 Å². The maximum atomic E-state index is 3.91. The van der Waals surface area contributed by atoms with Crippen LogP contribution in [-0.4, -0.2) is 36.1 Å². The minimum atomic E-state index is 0.709. The molecule has 1 aliphatic heterocycles. The van der Waals surface area contributed by atoms with Crippen molar-refractivity contribution in [3.63, 3.8) is 0 Å². The molecule has 1 saturated carbocycles. The topological polar surface area (TPSA) is 15.3 Å². The second kappa shape index (κ2) is 5.50. The first kappa shape index (κ1) is 12.4. The van der Waals surface area contributed by atoms with Crippen LogP contribution in [-0.2, 0) is 0 Å². The van der Waals surface area contributed by atoms with Gasteiger partial charge in [0, 0.05) is 31.2 Å². The van der Waals surface area contributed by atoms with E-state index in [9.17, 15) is 0 Å². The third-order valence-electron chi connectivity index (χ3n) is 4.43. The van der Waals surface area contributed by atoms with Crippen molar-refractivity contribution in [1.29, 1.82) is 0 Å². The molecule has 16 heavy (non-hydrogen) atoms. The minimum Gasteiger partial charge on any atom is -0.310 e. The molecular formula is C14H28N2. The van der Waals surface area contributed by atoms with Crippen LogP contribution in [0.15, 0.2) is 0 Å². The zero-order valence-electron chi connectivity index (χ0n) is 11.2. The zero-order valence-corrected chi connectivity index (χ0v) is 11.2. The molecule has 1 heterocycles. The minimum absolute atomic E-state index is 0.709. The Morgan fingerprint density at radius 2 is 1.75 bits per heavy atom. The second-order valence-electron chi connectivity index (χ2n) is 6.13. The van der Waals surface area contributed by atoms with Crippen LogP contribution in [0, 0.1) is 5.92 Å². The van der Waals surface area contributed by atoms with Crippen LogP contribution in [0.2, 0.25) is 0 Å². The van der Waals surface area contributed by atoms with E-state index in [0.29, 0.717) is 6.04 Å². The molecule has 2 rings (SSSR count). The summed E-state index contributed by atoms with van der Waals surface area (Å²) < 4.78 is 0. The van der Waals surface area contributed by atoms with E-state index in [1.54, 1.807) is 0 Å². The predicted molar refractivity (Wildman–Crippen MR) is 69.7 cm³/mol. The third-order valence-corrected chi connectivity index (χ3v) is 4.43. The molecule has 2 heteroatoms. The monoisotopic (exact) mass is 224 g/mol. The number of likely N-dealkylation sites (tertiary alicyclic amines) is 1. The van der Waals surface area contributed by atoms with E-state index in [4.69, 9.17) is 0 Å². The molecule has 2 aliphatic rings. The van der Waals surface area contributed by atoms with Crippen molar-refractivity contribution < 1.29 is 0 Å². The molecule has 2 unspecified atom stereocenters. The van der Waals surface area contributed by atoms with Crippen molar-refractivity contribution in [1.82, 2.24) is 10.2 Å². The number of nitrogens with one attached hydrogen (secondary N) is 1. The molecule has 0 aromatic rings. The van der Waals surface area contributed by atoms with Gasteiger partial charge in [-0.1, -0.05) is 26.2 Å². The van der Waals surface area contributed by atoms with Crippen molar-refractivity contribution in [2.24, 2.45) is 5.92 Å². The molecule has 1 aliphatic carbocycles. The fraction of sp³-hybridized carbons (Fsp3) is 1.00. The average Bonchev–Trinajstić information content (AvgIpc) is 2.62. The van der Waals surface area contributed by atoms with Gasteiger partial charge in [0.05, 0.1) is 0 Å². The highest BCUT2D eigenvalue weighted by molar-refractivity contribution is 4.90. The van der Waals surface area contributed by atoms with Gasteiger partial charge in [-0.25, -0.2) is 0 Å². The summed E-state index contributed by atoms with van der Waals surface area (Å²) in [6.45, 7) is 9.58. The highest BCUT2D eigenvalue weighted by atomic mass is 15.2. The average molecular weight is 224 g/mol. The Morgan fingerprint density at radius 3 is 2.31 bits per heavy atom. The molecular weight excluding hydrogens is 196 g/mol. The van der Waals surface area contributed by atoms with Gasteiger partial charge in [0.2, 0.25) is 0 Å². The van der Waals surface area contributed by atoms with Gasteiger partial charge >= 0.3 is 0 Å². The molecule has 0 aromatic carbocycles. The largest absolute Gasteiger partial charge is 0.310 e. The van der Waals surface area contributed by atoms with Gasteiger partial charge in [-0.15, -0.1) is 0 Å². The number of rotatable bonds is 3. The number of hydrogen-bond acceptors (Lipinski definition) is 2. The van der Waals surface area contributed by atoms with E-state index >= 15 is 0 Å². The van der Waals surface area contributed by atoms with E-state index in [2.05, 4.69) is 31.0 Å². The Hall–Kier alpha value is -0.0800. The van der Waals surface area contributed by atoms with Crippen LogP contribution in [0.1, 0.15) is 52.9 Å². The third kappa shape index (κ3) is 2.98. The van der Waals surface area contributed by atoms with Crippen molar-refractivity contribution in [3.8, 4) is 0 Å². The molecule has 0 spiro atoms. The fourth-order valence-electron chi connectivity index (χ4n) is 3.21. The molecule has 1 saturated heterocycles. The Morgan fingerprint density at radius 1 is 1.06 bits per heavy atom. The van der Waals surface area contributed by atoms with Gasteiger partial charge in [0.1, 0.15) is 0 Å². The molecule has 0 radical (unpaired) electrons. The summed E-state index contributed by atoms with van der Waals surface area (Å²) in [7, 11) is 0. The predicted octanol–water partition coefficient (Wildman–Crippen LogP) is 2.64. The van der Waals surface area contributed by atoms with E-state index < -0.39 is 0 Å². The van der Waals surface area contributed by atoms with Crippen LogP contribution in [0.3, 0.4) is 0 Å². The maximum Gasteiger partial charge on any atom is 0.0235 e. The van der Waals surface area contributed by atoms with Crippen molar-refractivity contribution in [3.05, 3.63) is 0 Å². The SMILES string of the molecule is CC1CN(C(C)C)CC1NC1CCCCC1. The summed E-state index contributed by atoms with van der Waals surface area (Å²) in [5, 5.41) is 3.91. The molecule has 2 nitrogen and oxygen atoms in total. The smallest absolute Gasteiger partial charge is 0.0235 e. The Balaban J connectivity index is 1.80. The molecule has 0 bridgehead atoms. The summed E-state index contributed by atoms with van der Waals surface area (Å²) in [6, 6.07) is 2.26. The van der Waals surface area contributed by atoms with Crippen LogP contribution in [0.5, 0.6) is 0 Å². The van der Waals surface area contributed by atoms with Crippen LogP contribution in [0.4, 0.5) is 0 Å². The summed E-state index contributed by atoms with van der Waals surface area (Å²) in [4.78, 5) is 2.62. The van der Waals surface area contributed by atoms with E-state index in [1.165, 1.54) is 45.2 Å². The quantitative estimate of drug-likeness (QED) is 0.793. The van der Waals surface area contributed by atoms with Gasteiger partial charge in [-0.05, 0) is 32.6 Å². The summed E-state index contributed by atoms with van der Waals surface area (Å²) in [5.74, 6) is 0.823. The molecule has 0 aromatic heterocycles. The van der Waals surface area contributed by atoms with Crippen molar-refractivity contribution in [2.45, 2.75) is 71.0 Å².